The Bertz CT molecular complexity index is 1210. The number of aromatic nitrogens is 1. The predicted molar refractivity (Wildman–Crippen MR) is 113 cm³/mol. The minimum atomic E-state index is -0.523. The third-order valence-electron chi connectivity index (χ3n) is 4.73. The molecule has 0 saturated heterocycles. The average Bonchev–Trinajstić information content (AvgIpc) is 3.02. The van der Waals surface area contributed by atoms with E-state index < -0.39 is 5.91 Å². The molecule has 0 radical (unpaired) electrons. The van der Waals surface area contributed by atoms with E-state index in [1.807, 2.05) is 73.7 Å². The van der Waals surface area contributed by atoms with Gasteiger partial charge in [-0.05, 0) is 23.9 Å². The topological polar surface area (TPSA) is 76.2 Å². The summed E-state index contributed by atoms with van der Waals surface area (Å²) in [5.74, 6) is 0.110. The van der Waals surface area contributed by atoms with Crippen LogP contribution < -0.4 is 4.74 Å². The van der Waals surface area contributed by atoms with Crippen LogP contribution in [0.1, 0.15) is 13.3 Å². The fraction of sp³-hybridized carbons (Fsp3) is 0.174. The maximum absolute atomic E-state index is 12.2. The third kappa shape index (κ3) is 3.69. The van der Waals surface area contributed by atoms with Crippen molar-refractivity contribution in [2.75, 3.05) is 6.61 Å². The van der Waals surface area contributed by atoms with Gasteiger partial charge in [-0.25, -0.2) is 0 Å². The van der Waals surface area contributed by atoms with E-state index in [4.69, 9.17) is 4.74 Å². The van der Waals surface area contributed by atoms with Gasteiger partial charge in [0, 0.05) is 17.3 Å². The second kappa shape index (κ2) is 8.14. The molecule has 29 heavy (non-hydrogen) atoms. The number of benzene rings is 3. The van der Waals surface area contributed by atoms with Gasteiger partial charge in [0.05, 0.1) is 5.52 Å². The van der Waals surface area contributed by atoms with Crippen LogP contribution in [0.4, 0.5) is 5.69 Å². The smallest absolute Gasteiger partial charge is 0.302 e. The molecule has 1 aromatic heterocycles. The van der Waals surface area contributed by atoms with Crippen molar-refractivity contribution in [3.63, 3.8) is 0 Å². The zero-order valence-electron chi connectivity index (χ0n) is 16.1. The van der Waals surface area contributed by atoms with Crippen molar-refractivity contribution in [1.29, 1.82) is 0 Å². The van der Waals surface area contributed by atoms with Crippen LogP contribution in [0.15, 0.2) is 77.0 Å². The van der Waals surface area contributed by atoms with Crippen molar-refractivity contribution < 1.29 is 14.6 Å². The summed E-state index contributed by atoms with van der Waals surface area (Å²) in [6.07, 6.45) is 0.862. The van der Waals surface area contributed by atoms with Gasteiger partial charge in [-0.2, -0.15) is 0 Å². The number of ether oxygens (including phenoxy) is 1. The molecule has 4 rings (SSSR count). The van der Waals surface area contributed by atoms with Crippen molar-refractivity contribution in [2.45, 2.75) is 19.9 Å². The minimum Gasteiger partial charge on any atom is -0.493 e. The molecular formula is C23H21N3O3. The number of nitrogens with zero attached hydrogens (tertiary/aromatic N) is 3. The molecule has 0 aliphatic rings. The van der Waals surface area contributed by atoms with Gasteiger partial charge in [0.2, 0.25) is 5.88 Å². The van der Waals surface area contributed by atoms with Gasteiger partial charge in [0.25, 0.3) is 0 Å². The van der Waals surface area contributed by atoms with E-state index in [0.29, 0.717) is 18.0 Å². The first kappa shape index (κ1) is 18.7. The molecule has 6 nitrogen and oxygen atoms in total. The lowest BCUT2D eigenvalue weighted by Crippen LogP contribution is -2.08. The molecule has 0 aliphatic heterocycles. The Morgan fingerprint density at radius 1 is 1.00 bits per heavy atom. The molecule has 146 valence electrons. The van der Waals surface area contributed by atoms with Crippen LogP contribution in [0.25, 0.3) is 21.7 Å². The molecule has 1 amide bonds. The largest absolute Gasteiger partial charge is 0.493 e. The number of para-hydroxylation sites is 1. The highest BCUT2D eigenvalue weighted by Gasteiger charge is 2.16. The molecule has 0 bridgehead atoms. The van der Waals surface area contributed by atoms with Crippen molar-refractivity contribution in [1.82, 2.24) is 4.57 Å². The van der Waals surface area contributed by atoms with E-state index in [-0.39, 0.29) is 12.5 Å². The van der Waals surface area contributed by atoms with Gasteiger partial charge in [0.15, 0.2) is 12.3 Å². The quantitative estimate of drug-likeness (QED) is 0.438. The SMILES string of the molecule is CCCn1c(O)c(N=NC(=O)COc2cccc3ccccc23)c2ccccc21. The summed E-state index contributed by atoms with van der Waals surface area (Å²) < 4.78 is 7.44. The molecule has 1 heterocycles. The molecule has 0 aliphatic carbocycles. The maximum Gasteiger partial charge on any atom is 0.302 e. The van der Waals surface area contributed by atoms with Gasteiger partial charge >= 0.3 is 5.91 Å². The van der Waals surface area contributed by atoms with Crippen molar-refractivity contribution in [3.05, 3.63) is 66.7 Å². The summed E-state index contributed by atoms with van der Waals surface area (Å²) in [7, 11) is 0. The molecular weight excluding hydrogens is 366 g/mol. The molecule has 1 N–H and O–H groups in total. The second-order valence-corrected chi connectivity index (χ2v) is 6.70. The number of hydrogen-bond acceptors (Lipinski definition) is 4. The molecule has 0 atom stereocenters. The summed E-state index contributed by atoms with van der Waals surface area (Å²) in [6.45, 7) is 2.45. The maximum atomic E-state index is 12.2. The number of fused-ring (bicyclic) bond motifs is 2. The number of carbonyl (C=O) groups excluding carboxylic acids is 1. The first-order valence-corrected chi connectivity index (χ1v) is 9.54. The second-order valence-electron chi connectivity index (χ2n) is 6.70. The molecule has 0 unspecified atom stereocenters. The van der Waals surface area contributed by atoms with Crippen LogP contribution in [0.3, 0.4) is 0 Å². The van der Waals surface area contributed by atoms with Crippen molar-refractivity contribution in [2.24, 2.45) is 10.2 Å². The highest BCUT2D eigenvalue weighted by Crippen LogP contribution is 2.38. The Balaban J connectivity index is 1.54. The highest BCUT2D eigenvalue weighted by molar-refractivity contribution is 5.95. The molecule has 0 saturated carbocycles. The summed E-state index contributed by atoms with van der Waals surface area (Å²) >= 11 is 0. The van der Waals surface area contributed by atoms with E-state index in [1.54, 1.807) is 4.57 Å². The van der Waals surface area contributed by atoms with Crippen LogP contribution in [0.5, 0.6) is 11.6 Å². The summed E-state index contributed by atoms with van der Waals surface area (Å²) in [5.41, 5.74) is 1.16. The normalized spacial score (nSPS) is 11.5. The molecule has 6 heteroatoms. The Morgan fingerprint density at radius 3 is 2.55 bits per heavy atom. The van der Waals surface area contributed by atoms with E-state index in [1.165, 1.54) is 0 Å². The van der Waals surface area contributed by atoms with Crippen molar-refractivity contribution in [3.8, 4) is 11.6 Å². The van der Waals surface area contributed by atoms with Crippen LogP contribution in [-0.4, -0.2) is 22.2 Å². The van der Waals surface area contributed by atoms with E-state index in [9.17, 15) is 9.90 Å². The lowest BCUT2D eigenvalue weighted by atomic mass is 10.1. The molecule has 3 aromatic carbocycles. The summed E-state index contributed by atoms with van der Waals surface area (Å²) in [4.78, 5) is 12.2. The number of amides is 1. The molecule has 0 fully saturated rings. The van der Waals surface area contributed by atoms with Crippen molar-refractivity contribution >= 4 is 33.3 Å². The van der Waals surface area contributed by atoms with Gasteiger partial charge in [-0.3, -0.25) is 4.79 Å². The minimum absolute atomic E-state index is 0.0135. The summed E-state index contributed by atoms with van der Waals surface area (Å²) in [5, 5.41) is 21.1. The fourth-order valence-corrected chi connectivity index (χ4v) is 3.42. The molecule has 4 aromatic rings. The predicted octanol–water partition coefficient (Wildman–Crippen LogP) is 5.60. The van der Waals surface area contributed by atoms with Gasteiger partial charge in [0.1, 0.15) is 5.75 Å². The number of hydrogen-bond donors (Lipinski definition) is 1. The average molecular weight is 387 g/mol. The zero-order chi connectivity index (χ0) is 20.2. The Labute approximate surface area is 168 Å². The van der Waals surface area contributed by atoms with Crippen LogP contribution in [-0.2, 0) is 11.3 Å². The Kier molecular flexibility index (Phi) is 5.24. The number of aromatic hydroxyl groups is 1. The van der Waals surface area contributed by atoms with E-state index in [0.717, 1.165) is 28.1 Å². The lowest BCUT2D eigenvalue weighted by molar-refractivity contribution is -0.120. The number of aryl methyl sites for hydroxylation is 1. The highest BCUT2D eigenvalue weighted by atomic mass is 16.5. The first-order chi connectivity index (χ1) is 14.2. The van der Waals surface area contributed by atoms with Crippen LogP contribution in [0, 0.1) is 0 Å². The van der Waals surface area contributed by atoms with Gasteiger partial charge < -0.3 is 14.4 Å². The Hall–Kier alpha value is -3.67. The lowest BCUT2D eigenvalue weighted by Gasteiger charge is -2.07. The zero-order valence-corrected chi connectivity index (χ0v) is 16.1. The Morgan fingerprint density at radius 2 is 1.72 bits per heavy atom. The number of rotatable bonds is 6. The van der Waals surface area contributed by atoms with Gasteiger partial charge in [-0.15, -0.1) is 10.2 Å². The first-order valence-electron chi connectivity index (χ1n) is 9.54. The van der Waals surface area contributed by atoms with Gasteiger partial charge in [-0.1, -0.05) is 61.5 Å². The third-order valence-corrected chi connectivity index (χ3v) is 4.73. The van der Waals surface area contributed by atoms with E-state index in [2.05, 4.69) is 10.2 Å². The monoisotopic (exact) mass is 387 g/mol. The van der Waals surface area contributed by atoms with Crippen LogP contribution >= 0.6 is 0 Å². The molecule has 0 spiro atoms. The van der Waals surface area contributed by atoms with Crippen LogP contribution in [0.2, 0.25) is 0 Å². The van der Waals surface area contributed by atoms with E-state index >= 15 is 0 Å². The number of carbonyl (C=O) groups is 1. The number of azo groups is 1. The standard InChI is InChI=1S/C23H21N3O3/c1-2-14-26-19-12-6-5-11-18(19)22(23(26)28)25-24-21(27)15-29-20-13-7-9-16-8-3-4-10-17(16)20/h3-13,28H,2,14-15H2,1H3. The summed E-state index contributed by atoms with van der Waals surface area (Å²) in [6, 6.07) is 21.0. The fourth-order valence-electron chi connectivity index (χ4n) is 3.42.